The van der Waals surface area contributed by atoms with Crippen LogP contribution < -0.4 is 9.64 Å². The second-order valence-corrected chi connectivity index (χ2v) is 6.83. The van der Waals surface area contributed by atoms with Crippen molar-refractivity contribution in [3.8, 4) is 5.75 Å². The van der Waals surface area contributed by atoms with Crippen molar-refractivity contribution in [2.75, 3.05) is 11.5 Å². The number of anilines is 1. The van der Waals surface area contributed by atoms with Crippen LogP contribution in [-0.4, -0.2) is 29.4 Å². The van der Waals surface area contributed by atoms with E-state index in [0.29, 0.717) is 23.7 Å². The van der Waals surface area contributed by atoms with Crippen LogP contribution in [0.3, 0.4) is 0 Å². The average molecular weight is 412 g/mol. The molecule has 6 nitrogen and oxygen atoms in total. The summed E-state index contributed by atoms with van der Waals surface area (Å²) in [5.74, 6) is 0.000997. The van der Waals surface area contributed by atoms with Gasteiger partial charge in [0.25, 0.3) is 5.91 Å². The third-order valence-electron chi connectivity index (χ3n) is 4.76. The van der Waals surface area contributed by atoms with Crippen LogP contribution in [0.2, 0.25) is 0 Å². The van der Waals surface area contributed by atoms with E-state index in [4.69, 9.17) is 9.84 Å². The van der Waals surface area contributed by atoms with Crippen LogP contribution in [0.5, 0.6) is 5.75 Å². The zero-order valence-electron chi connectivity index (χ0n) is 16.9. The fourth-order valence-corrected chi connectivity index (χ4v) is 3.27. The second kappa shape index (κ2) is 8.67. The van der Waals surface area contributed by atoms with E-state index in [1.807, 2.05) is 61.5 Å². The Balaban J connectivity index is 1.73. The first-order valence-electron chi connectivity index (χ1n) is 9.83. The van der Waals surface area contributed by atoms with Gasteiger partial charge in [-0.1, -0.05) is 42.5 Å². The van der Waals surface area contributed by atoms with Crippen molar-refractivity contribution in [1.82, 2.24) is 0 Å². The topological polar surface area (TPSA) is 79.2 Å². The first-order chi connectivity index (χ1) is 15.1. The minimum absolute atomic E-state index is 0.185. The number of carbonyl (C=O) groups is 2. The fraction of sp³-hybridized carbons (Fsp3) is 0.0800. The molecule has 0 atom stereocenters. The molecule has 154 valence electrons. The van der Waals surface area contributed by atoms with Gasteiger partial charge in [-0.15, -0.1) is 0 Å². The number of benzene rings is 3. The largest absolute Gasteiger partial charge is 0.494 e. The van der Waals surface area contributed by atoms with Crippen molar-refractivity contribution in [2.24, 2.45) is 4.99 Å². The Bertz CT molecular complexity index is 1160. The van der Waals surface area contributed by atoms with Crippen molar-refractivity contribution in [3.63, 3.8) is 0 Å². The van der Waals surface area contributed by atoms with Gasteiger partial charge in [0.2, 0.25) is 0 Å². The molecule has 3 aromatic carbocycles. The third-order valence-corrected chi connectivity index (χ3v) is 4.76. The van der Waals surface area contributed by atoms with Crippen molar-refractivity contribution in [1.29, 1.82) is 0 Å². The second-order valence-electron chi connectivity index (χ2n) is 6.83. The van der Waals surface area contributed by atoms with Crippen LogP contribution in [0.25, 0.3) is 6.08 Å². The van der Waals surface area contributed by atoms with Crippen molar-refractivity contribution < 1.29 is 19.4 Å². The maximum atomic E-state index is 13.3. The van der Waals surface area contributed by atoms with Gasteiger partial charge in [-0.25, -0.2) is 9.79 Å². The Morgan fingerprint density at radius 1 is 1.00 bits per heavy atom. The molecule has 31 heavy (non-hydrogen) atoms. The van der Waals surface area contributed by atoms with Gasteiger partial charge in [-0.2, -0.15) is 0 Å². The lowest BCUT2D eigenvalue weighted by molar-refractivity contribution is -0.113. The standard InChI is InChI=1S/C25H20N2O4/c1-2-31-21-14-12-20(13-15-21)27-23(18-6-4-3-5-7-18)26-22(24(27)28)16-17-8-10-19(11-9-17)25(29)30/h3-16H,2H2,1H3,(H,29,30)/b22-16+. The maximum Gasteiger partial charge on any atom is 0.335 e. The molecule has 0 spiro atoms. The van der Waals surface area contributed by atoms with E-state index in [-0.39, 0.29) is 17.2 Å². The first kappa shape index (κ1) is 20.1. The highest BCUT2D eigenvalue weighted by Crippen LogP contribution is 2.29. The summed E-state index contributed by atoms with van der Waals surface area (Å²) in [4.78, 5) is 30.6. The Kier molecular flexibility index (Phi) is 5.62. The van der Waals surface area contributed by atoms with E-state index in [2.05, 4.69) is 4.99 Å². The number of carboxylic acids is 1. The molecule has 0 radical (unpaired) electrons. The molecule has 0 saturated carbocycles. The minimum Gasteiger partial charge on any atom is -0.494 e. The van der Waals surface area contributed by atoms with Crippen LogP contribution in [0, 0.1) is 0 Å². The van der Waals surface area contributed by atoms with Gasteiger partial charge in [0.15, 0.2) is 0 Å². The molecule has 1 aliphatic rings. The third kappa shape index (κ3) is 4.23. The van der Waals surface area contributed by atoms with Gasteiger partial charge in [0, 0.05) is 5.56 Å². The van der Waals surface area contributed by atoms with Crippen LogP contribution in [0.1, 0.15) is 28.4 Å². The fourth-order valence-electron chi connectivity index (χ4n) is 3.27. The number of carboxylic acid groups (broad SMARTS) is 1. The van der Waals surface area contributed by atoms with Crippen molar-refractivity contribution in [2.45, 2.75) is 6.92 Å². The van der Waals surface area contributed by atoms with Crippen LogP contribution in [-0.2, 0) is 4.79 Å². The van der Waals surface area contributed by atoms with E-state index in [1.54, 1.807) is 23.1 Å². The summed E-state index contributed by atoms with van der Waals surface area (Å²) in [6, 6.07) is 23.1. The molecule has 0 unspecified atom stereocenters. The van der Waals surface area contributed by atoms with Gasteiger partial charge in [0.1, 0.15) is 17.3 Å². The molecule has 0 fully saturated rings. The highest BCUT2D eigenvalue weighted by atomic mass is 16.5. The van der Waals surface area contributed by atoms with Crippen molar-refractivity contribution in [3.05, 3.63) is 101 Å². The molecular formula is C25H20N2O4. The smallest absolute Gasteiger partial charge is 0.335 e. The number of aromatic carboxylic acids is 1. The SMILES string of the molecule is CCOc1ccc(N2C(=O)/C(=C\c3ccc(C(=O)O)cc3)N=C2c2ccccc2)cc1. The number of aliphatic imine (C=N–C) groups is 1. The zero-order chi connectivity index (χ0) is 21.8. The van der Waals surface area contributed by atoms with E-state index in [1.165, 1.54) is 12.1 Å². The summed E-state index contributed by atoms with van der Waals surface area (Å²) in [7, 11) is 0. The molecule has 0 bridgehead atoms. The maximum absolute atomic E-state index is 13.3. The minimum atomic E-state index is -0.998. The van der Waals surface area contributed by atoms with Crippen LogP contribution in [0.4, 0.5) is 5.69 Å². The predicted molar refractivity (Wildman–Crippen MR) is 119 cm³/mol. The molecule has 1 aliphatic heterocycles. The zero-order valence-corrected chi connectivity index (χ0v) is 16.9. The average Bonchev–Trinajstić information content (AvgIpc) is 3.11. The van der Waals surface area contributed by atoms with E-state index >= 15 is 0 Å². The quantitative estimate of drug-likeness (QED) is 0.599. The van der Waals surface area contributed by atoms with Crippen LogP contribution >= 0.6 is 0 Å². The molecule has 4 rings (SSSR count). The number of hydrogen-bond donors (Lipinski definition) is 1. The molecule has 3 aromatic rings. The number of amides is 1. The normalized spacial score (nSPS) is 14.6. The van der Waals surface area contributed by atoms with Crippen LogP contribution in [0.15, 0.2) is 89.6 Å². The Morgan fingerprint density at radius 3 is 2.29 bits per heavy atom. The molecule has 1 N–H and O–H groups in total. The van der Waals surface area contributed by atoms with E-state index in [9.17, 15) is 9.59 Å². The summed E-state index contributed by atoms with van der Waals surface area (Å²) in [5, 5.41) is 9.07. The molecular weight excluding hydrogens is 392 g/mol. The highest BCUT2D eigenvalue weighted by Gasteiger charge is 2.32. The van der Waals surface area contributed by atoms with Gasteiger partial charge in [-0.3, -0.25) is 9.69 Å². The number of rotatable bonds is 6. The van der Waals surface area contributed by atoms with E-state index < -0.39 is 5.97 Å². The lowest BCUT2D eigenvalue weighted by Gasteiger charge is -2.19. The molecule has 1 heterocycles. The number of carbonyl (C=O) groups excluding carboxylic acids is 1. The van der Waals surface area contributed by atoms with Gasteiger partial charge >= 0.3 is 5.97 Å². The summed E-state index contributed by atoms with van der Waals surface area (Å²) >= 11 is 0. The molecule has 6 heteroatoms. The Labute approximate surface area is 179 Å². The Hall–Kier alpha value is -4.19. The molecule has 0 aliphatic carbocycles. The predicted octanol–water partition coefficient (Wildman–Crippen LogP) is 4.62. The lowest BCUT2D eigenvalue weighted by atomic mass is 10.1. The van der Waals surface area contributed by atoms with Gasteiger partial charge in [0.05, 0.1) is 17.9 Å². The summed E-state index contributed by atoms with van der Waals surface area (Å²) in [6.45, 7) is 2.48. The first-order valence-corrected chi connectivity index (χ1v) is 9.83. The summed E-state index contributed by atoms with van der Waals surface area (Å²) < 4.78 is 5.50. The summed E-state index contributed by atoms with van der Waals surface area (Å²) in [5.41, 5.74) is 2.65. The lowest BCUT2D eigenvalue weighted by Crippen LogP contribution is -2.32. The Morgan fingerprint density at radius 2 is 1.68 bits per heavy atom. The molecule has 0 saturated heterocycles. The number of amidine groups is 1. The molecule has 0 aromatic heterocycles. The number of hydrogen-bond acceptors (Lipinski definition) is 4. The van der Waals surface area contributed by atoms with E-state index in [0.717, 1.165) is 11.3 Å². The van der Waals surface area contributed by atoms with Gasteiger partial charge < -0.3 is 9.84 Å². The number of ether oxygens (including phenoxy) is 1. The van der Waals surface area contributed by atoms with Crippen molar-refractivity contribution >= 4 is 29.5 Å². The summed E-state index contributed by atoms with van der Waals surface area (Å²) in [6.07, 6.45) is 1.66. The van der Waals surface area contributed by atoms with Gasteiger partial charge in [-0.05, 0) is 55.0 Å². The monoisotopic (exact) mass is 412 g/mol. The number of nitrogens with zero attached hydrogens (tertiary/aromatic N) is 2. The highest BCUT2D eigenvalue weighted by molar-refractivity contribution is 6.33. The molecule has 1 amide bonds.